The molecular weight excluding hydrogens is 366 g/mol. The average molecular weight is 389 g/mol. The van der Waals surface area contributed by atoms with Crippen LogP contribution in [0.25, 0.3) is 0 Å². The number of methoxy groups -OCH3 is 1. The average Bonchev–Trinajstić information content (AvgIpc) is 2.75. The number of carbonyl (C=O) groups is 2. The fourth-order valence-corrected chi connectivity index (χ4v) is 2.76. The zero-order valence-electron chi connectivity index (χ0n) is 16.4. The molecular formula is C23H23N3O3. The Morgan fingerprint density at radius 2 is 1.62 bits per heavy atom. The summed E-state index contributed by atoms with van der Waals surface area (Å²) in [5.41, 5.74) is 3.74. The number of ketones is 1. The molecule has 0 radical (unpaired) electrons. The number of hydrogen-bond acceptors (Lipinski definition) is 5. The maximum atomic E-state index is 12.3. The van der Waals surface area contributed by atoms with Crippen molar-refractivity contribution in [1.82, 2.24) is 10.3 Å². The van der Waals surface area contributed by atoms with Crippen LogP contribution in [0.5, 0.6) is 5.75 Å². The molecule has 1 amide bonds. The van der Waals surface area contributed by atoms with Crippen molar-refractivity contribution < 1.29 is 14.3 Å². The van der Waals surface area contributed by atoms with Crippen LogP contribution in [-0.2, 0) is 6.42 Å². The van der Waals surface area contributed by atoms with Gasteiger partial charge in [0.2, 0.25) is 0 Å². The first-order valence-electron chi connectivity index (χ1n) is 9.30. The van der Waals surface area contributed by atoms with Crippen LogP contribution in [0, 0.1) is 0 Å². The summed E-state index contributed by atoms with van der Waals surface area (Å²) in [5, 5.41) is 6.07. The fourth-order valence-electron chi connectivity index (χ4n) is 2.76. The normalized spacial score (nSPS) is 10.3. The summed E-state index contributed by atoms with van der Waals surface area (Å²) in [5.74, 6) is 0.627. The summed E-state index contributed by atoms with van der Waals surface area (Å²) >= 11 is 0. The number of Topliss-reactive ketones (excluding diaryl/α,β-unsaturated/α-hetero) is 1. The van der Waals surface area contributed by atoms with E-state index in [2.05, 4.69) is 15.6 Å². The Hall–Kier alpha value is -3.67. The van der Waals surface area contributed by atoms with Gasteiger partial charge in [0.15, 0.2) is 5.78 Å². The number of hydrogen-bond donors (Lipinski definition) is 2. The Labute approximate surface area is 169 Å². The largest absolute Gasteiger partial charge is 0.497 e. The molecule has 0 unspecified atom stereocenters. The summed E-state index contributed by atoms with van der Waals surface area (Å²) in [6.45, 7) is 2.06. The van der Waals surface area contributed by atoms with Crippen molar-refractivity contribution in [3.8, 4) is 5.75 Å². The third-order valence-corrected chi connectivity index (χ3v) is 4.43. The van der Waals surface area contributed by atoms with Crippen LogP contribution >= 0.6 is 0 Å². The van der Waals surface area contributed by atoms with E-state index in [4.69, 9.17) is 4.74 Å². The minimum atomic E-state index is -0.212. The van der Waals surface area contributed by atoms with Crippen molar-refractivity contribution in [2.24, 2.45) is 0 Å². The van der Waals surface area contributed by atoms with E-state index in [1.165, 1.54) is 6.92 Å². The van der Waals surface area contributed by atoms with Crippen molar-refractivity contribution in [3.05, 3.63) is 83.7 Å². The first-order valence-corrected chi connectivity index (χ1v) is 9.30. The third-order valence-electron chi connectivity index (χ3n) is 4.43. The van der Waals surface area contributed by atoms with Gasteiger partial charge in [0.1, 0.15) is 11.4 Å². The first-order chi connectivity index (χ1) is 14.0. The first kappa shape index (κ1) is 20.1. The van der Waals surface area contributed by atoms with Gasteiger partial charge >= 0.3 is 0 Å². The van der Waals surface area contributed by atoms with E-state index in [1.54, 1.807) is 37.6 Å². The Bertz CT molecular complexity index is 966. The Balaban J connectivity index is 1.50. The quantitative estimate of drug-likeness (QED) is 0.569. The molecule has 0 atom stereocenters. The van der Waals surface area contributed by atoms with Gasteiger partial charge in [-0.2, -0.15) is 0 Å². The van der Waals surface area contributed by atoms with Gasteiger partial charge in [0.25, 0.3) is 5.91 Å². The van der Waals surface area contributed by atoms with Gasteiger partial charge in [-0.3, -0.25) is 9.59 Å². The lowest BCUT2D eigenvalue weighted by atomic mass is 10.1. The molecule has 148 valence electrons. The molecule has 3 rings (SSSR count). The summed E-state index contributed by atoms with van der Waals surface area (Å²) < 4.78 is 5.13. The van der Waals surface area contributed by atoms with Gasteiger partial charge < -0.3 is 15.4 Å². The number of benzene rings is 2. The van der Waals surface area contributed by atoms with Crippen LogP contribution < -0.4 is 15.4 Å². The Kier molecular flexibility index (Phi) is 6.58. The summed E-state index contributed by atoms with van der Waals surface area (Å²) in [7, 11) is 1.63. The Morgan fingerprint density at radius 3 is 2.21 bits per heavy atom. The van der Waals surface area contributed by atoms with E-state index in [-0.39, 0.29) is 11.7 Å². The zero-order chi connectivity index (χ0) is 20.6. The molecule has 0 aliphatic heterocycles. The molecule has 2 N–H and O–H groups in total. The van der Waals surface area contributed by atoms with Crippen LogP contribution in [0.1, 0.15) is 33.3 Å². The van der Waals surface area contributed by atoms with Crippen molar-refractivity contribution in [3.63, 3.8) is 0 Å². The number of nitrogens with one attached hydrogen (secondary N) is 2. The standard InChI is InChI=1S/C23H23N3O3/c1-16(27)18-5-7-19(8-6-18)26-20-9-12-22(25-15-20)23(28)24-14-13-17-3-10-21(29-2)11-4-17/h3-12,15,26H,13-14H2,1-2H3,(H,24,28). The minimum Gasteiger partial charge on any atom is -0.497 e. The van der Waals surface area contributed by atoms with E-state index in [0.29, 0.717) is 17.8 Å². The lowest BCUT2D eigenvalue weighted by Crippen LogP contribution is -2.26. The number of rotatable bonds is 8. The number of ether oxygens (including phenoxy) is 1. The molecule has 0 spiro atoms. The van der Waals surface area contributed by atoms with Crippen molar-refractivity contribution in [1.29, 1.82) is 0 Å². The molecule has 0 bridgehead atoms. The fraction of sp³-hybridized carbons (Fsp3) is 0.174. The zero-order valence-corrected chi connectivity index (χ0v) is 16.4. The van der Waals surface area contributed by atoms with Crippen molar-refractivity contribution >= 4 is 23.1 Å². The molecule has 2 aromatic carbocycles. The molecule has 29 heavy (non-hydrogen) atoms. The Morgan fingerprint density at radius 1 is 0.931 bits per heavy atom. The van der Waals surface area contributed by atoms with Crippen LogP contribution in [0.15, 0.2) is 66.9 Å². The summed E-state index contributed by atoms with van der Waals surface area (Å²) in [6, 6.07) is 18.4. The molecule has 1 heterocycles. The predicted molar refractivity (Wildman–Crippen MR) is 113 cm³/mol. The second-order valence-corrected chi connectivity index (χ2v) is 6.54. The number of amides is 1. The van der Waals surface area contributed by atoms with Crippen molar-refractivity contribution in [2.75, 3.05) is 19.0 Å². The molecule has 0 saturated heterocycles. The highest BCUT2D eigenvalue weighted by molar-refractivity contribution is 5.94. The van der Waals surface area contributed by atoms with E-state index >= 15 is 0 Å². The van der Waals surface area contributed by atoms with Crippen LogP contribution in [-0.4, -0.2) is 30.3 Å². The molecule has 6 heteroatoms. The topological polar surface area (TPSA) is 80.3 Å². The maximum Gasteiger partial charge on any atom is 0.269 e. The number of anilines is 2. The van der Waals surface area contributed by atoms with Gasteiger partial charge in [0, 0.05) is 17.8 Å². The lowest BCUT2D eigenvalue weighted by molar-refractivity contribution is 0.0948. The molecule has 3 aromatic rings. The van der Waals surface area contributed by atoms with Gasteiger partial charge in [-0.25, -0.2) is 4.98 Å². The smallest absolute Gasteiger partial charge is 0.269 e. The van der Waals surface area contributed by atoms with Gasteiger partial charge in [-0.15, -0.1) is 0 Å². The van der Waals surface area contributed by atoms with Crippen LogP contribution in [0.3, 0.4) is 0 Å². The summed E-state index contributed by atoms with van der Waals surface area (Å²) in [4.78, 5) is 27.8. The second kappa shape index (κ2) is 9.50. The van der Waals surface area contributed by atoms with Crippen LogP contribution in [0.2, 0.25) is 0 Å². The highest BCUT2D eigenvalue weighted by atomic mass is 16.5. The molecule has 0 aliphatic rings. The highest BCUT2D eigenvalue weighted by Crippen LogP contribution is 2.17. The van der Waals surface area contributed by atoms with E-state index in [0.717, 1.165) is 29.1 Å². The third kappa shape index (κ3) is 5.65. The maximum absolute atomic E-state index is 12.3. The predicted octanol–water partition coefficient (Wildman–Crippen LogP) is 4.01. The van der Waals surface area contributed by atoms with E-state index in [9.17, 15) is 9.59 Å². The van der Waals surface area contributed by atoms with Crippen molar-refractivity contribution in [2.45, 2.75) is 13.3 Å². The minimum absolute atomic E-state index is 0.0283. The lowest BCUT2D eigenvalue weighted by Gasteiger charge is -2.08. The number of aromatic nitrogens is 1. The van der Waals surface area contributed by atoms with Gasteiger partial charge in [0.05, 0.1) is 19.0 Å². The van der Waals surface area contributed by atoms with Crippen LogP contribution in [0.4, 0.5) is 11.4 Å². The van der Waals surface area contributed by atoms with E-state index < -0.39 is 0 Å². The van der Waals surface area contributed by atoms with Gasteiger partial charge in [-0.1, -0.05) is 12.1 Å². The number of pyridine rings is 1. The molecule has 6 nitrogen and oxygen atoms in total. The highest BCUT2D eigenvalue weighted by Gasteiger charge is 2.07. The second-order valence-electron chi connectivity index (χ2n) is 6.54. The SMILES string of the molecule is COc1ccc(CCNC(=O)c2ccc(Nc3ccc(C(C)=O)cc3)cn2)cc1. The molecule has 0 fully saturated rings. The molecule has 1 aromatic heterocycles. The monoisotopic (exact) mass is 389 g/mol. The number of nitrogens with zero attached hydrogens (tertiary/aromatic N) is 1. The summed E-state index contributed by atoms with van der Waals surface area (Å²) in [6.07, 6.45) is 2.34. The molecule has 0 saturated carbocycles. The molecule has 0 aliphatic carbocycles. The van der Waals surface area contributed by atoms with E-state index in [1.807, 2.05) is 36.4 Å². The number of carbonyl (C=O) groups excluding carboxylic acids is 2. The van der Waals surface area contributed by atoms with Gasteiger partial charge in [-0.05, 0) is 67.4 Å².